The third-order valence-corrected chi connectivity index (χ3v) is 3.42. The standard InChI is InChI=1S/C15H25NO/c1-4-12(7-6-10-16)15-9-8-14(17-3)11-13(15)5-2/h8-9,11-12H,4-7,10,16H2,1-3H3. The van der Waals surface area contributed by atoms with Crippen LogP contribution < -0.4 is 10.5 Å². The van der Waals surface area contributed by atoms with Crippen LogP contribution in [-0.2, 0) is 6.42 Å². The lowest BCUT2D eigenvalue weighted by molar-refractivity contribution is 0.413. The minimum Gasteiger partial charge on any atom is -0.497 e. The van der Waals surface area contributed by atoms with E-state index in [1.807, 2.05) is 0 Å². The van der Waals surface area contributed by atoms with Gasteiger partial charge in [-0.3, -0.25) is 0 Å². The minimum atomic E-state index is 0.638. The van der Waals surface area contributed by atoms with Crippen LogP contribution in [0.1, 0.15) is 50.2 Å². The van der Waals surface area contributed by atoms with Gasteiger partial charge in [0.1, 0.15) is 5.75 Å². The van der Waals surface area contributed by atoms with E-state index in [0.29, 0.717) is 5.92 Å². The molecule has 1 rings (SSSR count). The van der Waals surface area contributed by atoms with Crippen LogP contribution in [0.15, 0.2) is 18.2 Å². The van der Waals surface area contributed by atoms with Crippen molar-refractivity contribution in [1.82, 2.24) is 0 Å². The zero-order chi connectivity index (χ0) is 12.7. The van der Waals surface area contributed by atoms with Crippen molar-refractivity contribution < 1.29 is 4.74 Å². The number of hydrogen-bond acceptors (Lipinski definition) is 2. The van der Waals surface area contributed by atoms with Crippen molar-refractivity contribution in [2.45, 2.75) is 45.4 Å². The first kappa shape index (κ1) is 14.0. The number of rotatable bonds is 7. The van der Waals surface area contributed by atoms with Crippen molar-refractivity contribution >= 4 is 0 Å². The van der Waals surface area contributed by atoms with Crippen LogP contribution in [0.5, 0.6) is 5.75 Å². The van der Waals surface area contributed by atoms with E-state index in [-0.39, 0.29) is 0 Å². The molecule has 0 aliphatic rings. The second-order valence-corrected chi connectivity index (χ2v) is 4.45. The molecule has 0 saturated heterocycles. The predicted molar refractivity (Wildman–Crippen MR) is 73.7 cm³/mol. The van der Waals surface area contributed by atoms with Gasteiger partial charge in [0.25, 0.3) is 0 Å². The van der Waals surface area contributed by atoms with Gasteiger partial charge in [-0.05, 0) is 61.4 Å². The fourth-order valence-electron chi connectivity index (χ4n) is 2.36. The Morgan fingerprint density at radius 2 is 2.06 bits per heavy atom. The molecule has 0 aliphatic heterocycles. The average molecular weight is 235 g/mol. The second-order valence-electron chi connectivity index (χ2n) is 4.45. The molecule has 1 aromatic rings. The fraction of sp³-hybridized carbons (Fsp3) is 0.600. The Morgan fingerprint density at radius 3 is 2.59 bits per heavy atom. The van der Waals surface area contributed by atoms with E-state index in [1.54, 1.807) is 7.11 Å². The van der Waals surface area contributed by atoms with Crippen molar-refractivity contribution in [2.75, 3.05) is 13.7 Å². The highest BCUT2D eigenvalue weighted by molar-refractivity contribution is 5.37. The molecule has 0 bridgehead atoms. The summed E-state index contributed by atoms with van der Waals surface area (Å²) in [6, 6.07) is 6.46. The van der Waals surface area contributed by atoms with E-state index in [4.69, 9.17) is 10.5 Å². The van der Waals surface area contributed by atoms with Crippen molar-refractivity contribution in [3.05, 3.63) is 29.3 Å². The highest BCUT2D eigenvalue weighted by atomic mass is 16.5. The summed E-state index contributed by atoms with van der Waals surface area (Å²) >= 11 is 0. The number of ether oxygens (including phenoxy) is 1. The monoisotopic (exact) mass is 235 g/mol. The number of nitrogens with two attached hydrogens (primary N) is 1. The Bertz CT molecular complexity index is 336. The van der Waals surface area contributed by atoms with Crippen molar-refractivity contribution in [3.63, 3.8) is 0 Å². The van der Waals surface area contributed by atoms with Crippen molar-refractivity contribution in [3.8, 4) is 5.75 Å². The quantitative estimate of drug-likeness (QED) is 0.785. The summed E-state index contributed by atoms with van der Waals surface area (Å²) in [6.45, 7) is 5.24. The molecule has 0 fully saturated rings. The zero-order valence-electron chi connectivity index (χ0n) is 11.3. The third kappa shape index (κ3) is 3.74. The highest BCUT2D eigenvalue weighted by Crippen LogP contribution is 2.30. The number of hydrogen-bond donors (Lipinski definition) is 1. The van der Waals surface area contributed by atoms with Gasteiger partial charge >= 0.3 is 0 Å². The summed E-state index contributed by atoms with van der Waals surface area (Å²) < 4.78 is 5.29. The van der Waals surface area contributed by atoms with Gasteiger partial charge in [0.15, 0.2) is 0 Å². The molecule has 2 heteroatoms. The smallest absolute Gasteiger partial charge is 0.119 e. The molecular weight excluding hydrogens is 210 g/mol. The molecule has 17 heavy (non-hydrogen) atoms. The maximum absolute atomic E-state index is 5.61. The molecule has 0 heterocycles. The Morgan fingerprint density at radius 1 is 1.29 bits per heavy atom. The minimum absolute atomic E-state index is 0.638. The molecule has 1 unspecified atom stereocenters. The molecule has 0 spiro atoms. The van der Waals surface area contributed by atoms with Crippen LogP contribution >= 0.6 is 0 Å². The number of benzene rings is 1. The fourth-order valence-corrected chi connectivity index (χ4v) is 2.36. The largest absolute Gasteiger partial charge is 0.497 e. The molecule has 0 radical (unpaired) electrons. The molecule has 2 nitrogen and oxygen atoms in total. The molecule has 0 saturated carbocycles. The van der Waals surface area contributed by atoms with Gasteiger partial charge in [-0.15, -0.1) is 0 Å². The van der Waals surface area contributed by atoms with Gasteiger partial charge in [0.05, 0.1) is 7.11 Å². The van der Waals surface area contributed by atoms with Gasteiger partial charge in [0.2, 0.25) is 0 Å². The van der Waals surface area contributed by atoms with Crippen LogP contribution in [0.4, 0.5) is 0 Å². The van der Waals surface area contributed by atoms with Crippen LogP contribution in [0, 0.1) is 0 Å². The van der Waals surface area contributed by atoms with Gasteiger partial charge in [-0.25, -0.2) is 0 Å². The van der Waals surface area contributed by atoms with Gasteiger partial charge in [-0.2, -0.15) is 0 Å². The normalized spacial score (nSPS) is 12.5. The number of methoxy groups -OCH3 is 1. The van der Waals surface area contributed by atoms with E-state index in [0.717, 1.165) is 25.1 Å². The van der Waals surface area contributed by atoms with E-state index >= 15 is 0 Å². The molecular formula is C15H25NO. The van der Waals surface area contributed by atoms with Crippen molar-refractivity contribution in [2.24, 2.45) is 5.73 Å². The van der Waals surface area contributed by atoms with Crippen LogP contribution in [0.25, 0.3) is 0 Å². The van der Waals surface area contributed by atoms with Gasteiger partial charge in [-0.1, -0.05) is 19.9 Å². The third-order valence-electron chi connectivity index (χ3n) is 3.42. The second kappa shape index (κ2) is 7.33. The SMILES string of the molecule is CCc1cc(OC)ccc1C(CC)CCCN. The summed E-state index contributed by atoms with van der Waals surface area (Å²) in [7, 11) is 1.72. The first-order valence-corrected chi connectivity index (χ1v) is 6.63. The molecule has 1 aromatic carbocycles. The molecule has 2 N–H and O–H groups in total. The van der Waals surface area contributed by atoms with E-state index in [2.05, 4.69) is 32.0 Å². The lowest BCUT2D eigenvalue weighted by atomic mass is 9.87. The van der Waals surface area contributed by atoms with Crippen molar-refractivity contribution in [1.29, 1.82) is 0 Å². The van der Waals surface area contributed by atoms with E-state index in [9.17, 15) is 0 Å². The molecule has 0 aliphatic carbocycles. The molecule has 0 aromatic heterocycles. The summed E-state index contributed by atoms with van der Waals surface area (Å²) in [6.07, 6.45) is 4.53. The first-order chi connectivity index (χ1) is 8.26. The zero-order valence-corrected chi connectivity index (χ0v) is 11.3. The van der Waals surface area contributed by atoms with Crippen LogP contribution in [-0.4, -0.2) is 13.7 Å². The summed E-state index contributed by atoms with van der Waals surface area (Å²) in [5, 5.41) is 0. The average Bonchev–Trinajstić information content (AvgIpc) is 2.39. The predicted octanol–water partition coefficient (Wildman–Crippen LogP) is 3.49. The van der Waals surface area contributed by atoms with E-state index in [1.165, 1.54) is 24.0 Å². The number of aryl methyl sites for hydroxylation is 1. The Balaban J connectivity index is 2.93. The molecule has 96 valence electrons. The van der Waals surface area contributed by atoms with Crippen LogP contribution in [0.3, 0.4) is 0 Å². The maximum Gasteiger partial charge on any atom is 0.119 e. The first-order valence-electron chi connectivity index (χ1n) is 6.63. The van der Waals surface area contributed by atoms with Gasteiger partial charge < -0.3 is 10.5 Å². The van der Waals surface area contributed by atoms with Gasteiger partial charge in [0, 0.05) is 0 Å². The Hall–Kier alpha value is -1.02. The van der Waals surface area contributed by atoms with E-state index < -0.39 is 0 Å². The Kier molecular flexibility index (Phi) is 6.06. The summed E-state index contributed by atoms with van der Waals surface area (Å²) in [4.78, 5) is 0. The Labute approximate surface area is 105 Å². The summed E-state index contributed by atoms with van der Waals surface area (Å²) in [5.74, 6) is 1.60. The lowest BCUT2D eigenvalue weighted by Crippen LogP contribution is -2.06. The molecule has 0 amide bonds. The highest BCUT2D eigenvalue weighted by Gasteiger charge is 2.13. The summed E-state index contributed by atoms with van der Waals surface area (Å²) in [5.41, 5.74) is 8.49. The maximum atomic E-state index is 5.61. The lowest BCUT2D eigenvalue weighted by Gasteiger charge is -2.19. The topological polar surface area (TPSA) is 35.2 Å². The van der Waals surface area contributed by atoms with Crippen LogP contribution in [0.2, 0.25) is 0 Å². The molecule has 1 atom stereocenters.